The molecule has 120 valence electrons. The van der Waals surface area contributed by atoms with E-state index in [2.05, 4.69) is 27.5 Å². The van der Waals surface area contributed by atoms with Gasteiger partial charge in [0.1, 0.15) is 12.4 Å². The van der Waals surface area contributed by atoms with E-state index in [4.69, 9.17) is 9.47 Å². The average molecular weight is 384 g/mol. The zero-order chi connectivity index (χ0) is 16.9. The fourth-order valence-electron chi connectivity index (χ4n) is 2.13. The number of carbonyl (C=O) groups is 1. The van der Waals surface area contributed by atoms with Crippen LogP contribution in [0.4, 0.5) is 0 Å². The number of esters is 1. The van der Waals surface area contributed by atoms with Crippen LogP contribution >= 0.6 is 15.9 Å². The Kier molecular flexibility index (Phi) is 4.91. The van der Waals surface area contributed by atoms with Crippen LogP contribution in [-0.4, -0.2) is 18.5 Å². The second kappa shape index (κ2) is 7.27. The molecule has 0 amide bonds. The average Bonchev–Trinajstić information content (AvgIpc) is 2.95. The maximum Gasteiger partial charge on any atom is 0.363 e. The molecule has 0 bridgehead atoms. The summed E-state index contributed by atoms with van der Waals surface area (Å²) >= 11 is 3.37. The Hall–Kier alpha value is -2.66. The van der Waals surface area contributed by atoms with Crippen LogP contribution in [0.25, 0.3) is 6.08 Å². The molecule has 2 aromatic carbocycles. The fraction of sp³-hybridized carbons (Fsp3) is 0.0526. The van der Waals surface area contributed by atoms with Gasteiger partial charge >= 0.3 is 5.97 Å². The fourth-order valence-corrected chi connectivity index (χ4v) is 2.40. The van der Waals surface area contributed by atoms with E-state index in [0.717, 1.165) is 15.6 Å². The van der Waals surface area contributed by atoms with E-state index in [0.29, 0.717) is 18.3 Å². The first-order valence-electron chi connectivity index (χ1n) is 7.28. The predicted octanol–water partition coefficient (Wildman–Crippen LogP) is 4.36. The van der Waals surface area contributed by atoms with Crippen molar-refractivity contribution in [3.8, 4) is 5.75 Å². The maximum atomic E-state index is 12.0. The minimum Gasteiger partial charge on any atom is -0.490 e. The Bertz CT molecular complexity index is 838. The molecule has 1 aliphatic heterocycles. The zero-order valence-electron chi connectivity index (χ0n) is 12.7. The summed E-state index contributed by atoms with van der Waals surface area (Å²) < 4.78 is 11.7. The van der Waals surface area contributed by atoms with Gasteiger partial charge in [0.2, 0.25) is 5.90 Å². The number of hydrogen-bond acceptors (Lipinski definition) is 4. The second-order valence-electron chi connectivity index (χ2n) is 5.02. The third-order valence-electron chi connectivity index (χ3n) is 3.24. The van der Waals surface area contributed by atoms with Gasteiger partial charge in [-0.05, 0) is 48.0 Å². The third-order valence-corrected chi connectivity index (χ3v) is 3.77. The van der Waals surface area contributed by atoms with Gasteiger partial charge in [-0.25, -0.2) is 9.79 Å². The van der Waals surface area contributed by atoms with Crippen LogP contribution in [0.2, 0.25) is 0 Å². The number of halogens is 1. The molecule has 0 aliphatic carbocycles. The molecule has 0 spiro atoms. The lowest BCUT2D eigenvalue weighted by molar-refractivity contribution is -0.129. The lowest BCUT2D eigenvalue weighted by Gasteiger charge is -2.03. The van der Waals surface area contributed by atoms with Gasteiger partial charge in [-0.1, -0.05) is 40.7 Å². The standard InChI is InChI=1S/C19H14BrNO3/c1-2-10-23-16-5-3-4-13(11-16)12-17-19(22)24-18(21-17)14-6-8-15(20)9-7-14/h2-9,11-12H,1,10H2/b17-12+. The van der Waals surface area contributed by atoms with Crippen molar-refractivity contribution in [3.05, 3.63) is 82.5 Å². The summed E-state index contributed by atoms with van der Waals surface area (Å²) in [4.78, 5) is 16.3. The zero-order valence-corrected chi connectivity index (χ0v) is 14.3. The number of aliphatic imine (C=N–C) groups is 1. The van der Waals surface area contributed by atoms with Gasteiger partial charge in [0, 0.05) is 10.0 Å². The molecular weight excluding hydrogens is 370 g/mol. The molecule has 1 aliphatic rings. The van der Waals surface area contributed by atoms with Crippen LogP contribution in [-0.2, 0) is 9.53 Å². The topological polar surface area (TPSA) is 47.9 Å². The van der Waals surface area contributed by atoms with E-state index in [1.165, 1.54) is 0 Å². The minimum atomic E-state index is -0.467. The van der Waals surface area contributed by atoms with Crippen LogP contribution in [0.5, 0.6) is 5.75 Å². The molecule has 0 N–H and O–H groups in total. The van der Waals surface area contributed by atoms with Gasteiger partial charge < -0.3 is 9.47 Å². The Morgan fingerprint density at radius 2 is 2.00 bits per heavy atom. The number of ether oxygens (including phenoxy) is 2. The van der Waals surface area contributed by atoms with Crippen LogP contribution in [0, 0.1) is 0 Å². The summed E-state index contributed by atoms with van der Waals surface area (Å²) in [5.41, 5.74) is 1.82. The highest BCUT2D eigenvalue weighted by Crippen LogP contribution is 2.22. The van der Waals surface area contributed by atoms with E-state index >= 15 is 0 Å². The van der Waals surface area contributed by atoms with Crippen molar-refractivity contribution < 1.29 is 14.3 Å². The molecule has 2 aromatic rings. The van der Waals surface area contributed by atoms with Gasteiger partial charge in [0.05, 0.1) is 0 Å². The molecule has 0 saturated carbocycles. The Morgan fingerprint density at radius 3 is 2.75 bits per heavy atom. The van der Waals surface area contributed by atoms with Gasteiger partial charge in [-0.3, -0.25) is 0 Å². The summed E-state index contributed by atoms with van der Waals surface area (Å²) in [5.74, 6) is 0.538. The smallest absolute Gasteiger partial charge is 0.363 e. The third kappa shape index (κ3) is 3.81. The van der Waals surface area contributed by atoms with Crippen LogP contribution in [0.1, 0.15) is 11.1 Å². The number of cyclic esters (lactones) is 1. The molecule has 0 radical (unpaired) electrons. The molecule has 1 heterocycles. The highest BCUT2D eigenvalue weighted by Gasteiger charge is 2.24. The maximum absolute atomic E-state index is 12.0. The van der Waals surface area contributed by atoms with E-state index in [1.807, 2.05) is 48.5 Å². The summed E-state index contributed by atoms with van der Waals surface area (Å²) in [7, 11) is 0. The van der Waals surface area contributed by atoms with Crippen LogP contribution in [0.3, 0.4) is 0 Å². The van der Waals surface area contributed by atoms with E-state index < -0.39 is 5.97 Å². The molecule has 5 heteroatoms. The van der Waals surface area contributed by atoms with Crippen LogP contribution < -0.4 is 4.74 Å². The number of hydrogen-bond donors (Lipinski definition) is 0. The molecule has 0 aromatic heterocycles. The largest absolute Gasteiger partial charge is 0.490 e. The van der Waals surface area contributed by atoms with Crippen molar-refractivity contribution in [1.29, 1.82) is 0 Å². The van der Waals surface area contributed by atoms with Crippen molar-refractivity contribution >= 4 is 33.9 Å². The first-order valence-corrected chi connectivity index (χ1v) is 8.07. The van der Waals surface area contributed by atoms with E-state index in [1.54, 1.807) is 12.2 Å². The number of carbonyl (C=O) groups excluding carboxylic acids is 1. The van der Waals surface area contributed by atoms with Crippen molar-refractivity contribution in [1.82, 2.24) is 0 Å². The Balaban J connectivity index is 1.85. The monoisotopic (exact) mass is 383 g/mol. The summed E-state index contributed by atoms with van der Waals surface area (Å²) in [5, 5.41) is 0. The molecule has 3 rings (SSSR count). The lowest BCUT2D eigenvalue weighted by atomic mass is 10.2. The number of rotatable bonds is 5. The molecule has 0 fully saturated rings. The highest BCUT2D eigenvalue weighted by atomic mass is 79.9. The molecule has 4 nitrogen and oxygen atoms in total. The summed E-state index contributed by atoms with van der Waals surface area (Å²) in [6.07, 6.45) is 3.35. The minimum absolute atomic E-state index is 0.258. The SMILES string of the molecule is C=CCOc1cccc(/C=C2/N=C(c3ccc(Br)cc3)OC2=O)c1. The van der Waals surface area contributed by atoms with Crippen molar-refractivity contribution in [2.75, 3.05) is 6.61 Å². The van der Waals surface area contributed by atoms with Crippen molar-refractivity contribution in [3.63, 3.8) is 0 Å². The summed E-state index contributed by atoms with van der Waals surface area (Å²) in [6, 6.07) is 14.8. The summed E-state index contributed by atoms with van der Waals surface area (Å²) in [6.45, 7) is 4.04. The normalized spacial score (nSPS) is 15.1. The van der Waals surface area contributed by atoms with Gasteiger partial charge in [-0.2, -0.15) is 0 Å². The quantitative estimate of drug-likeness (QED) is 0.437. The van der Waals surface area contributed by atoms with Crippen molar-refractivity contribution in [2.45, 2.75) is 0 Å². The molecule has 24 heavy (non-hydrogen) atoms. The molecule has 0 saturated heterocycles. The van der Waals surface area contributed by atoms with Gasteiger partial charge in [-0.15, -0.1) is 0 Å². The number of benzene rings is 2. The molecule has 0 atom stereocenters. The lowest BCUT2D eigenvalue weighted by Crippen LogP contribution is -2.05. The predicted molar refractivity (Wildman–Crippen MR) is 96.9 cm³/mol. The van der Waals surface area contributed by atoms with Gasteiger partial charge in [0.15, 0.2) is 5.70 Å². The second-order valence-corrected chi connectivity index (χ2v) is 5.93. The molecule has 0 unspecified atom stereocenters. The Morgan fingerprint density at radius 1 is 1.21 bits per heavy atom. The van der Waals surface area contributed by atoms with Crippen LogP contribution in [0.15, 0.2) is 76.3 Å². The Labute approximate surface area is 148 Å². The van der Waals surface area contributed by atoms with E-state index in [-0.39, 0.29) is 5.70 Å². The molecular formula is C19H14BrNO3. The first kappa shape index (κ1) is 16.2. The number of nitrogens with zero attached hydrogens (tertiary/aromatic N) is 1. The highest BCUT2D eigenvalue weighted by molar-refractivity contribution is 9.10. The van der Waals surface area contributed by atoms with Gasteiger partial charge in [0.25, 0.3) is 0 Å². The van der Waals surface area contributed by atoms with E-state index in [9.17, 15) is 4.79 Å². The van der Waals surface area contributed by atoms with Crippen molar-refractivity contribution in [2.24, 2.45) is 4.99 Å². The first-order chi connectivity index (χ1) is 11.7.